The molecule has 0 spiro atoms. The number of nitrogens with one attached hydrogen (secondary N) is 1. The molecule has 20 heavy (non-hydrogen) atoms. The Kier molecular flexibility index (Phi) is 4.55. The van der Waals surface area contributed by atoms with Gasteiger partial charge in [0.05, 0.1) is 0 Å². The maximum absolute atomic E-state index is 12.1. The molecule has 0 fully saturated rings. The zero-order valence-corrected chi connectivity index (χ0v) is 12.4. The molecule has 4 nitrogen and oxygen atoms in total. The average Bonchev–Trinajstić information content (AvgIpc) is 2.86. The predicted octanol–water partition coefficient (Wildman–Crippen LogP) is 2.02. The van der Waals surface area contributed by atoms with E-state index in [1.165, 1.54) is 0 Å². The summed E-state index contributed by atoms with van der Waals surface area (Å²) < 4.78 is 0. The molecule has 0 bridgehead atoms. The van der Waals surface area contributed by atoms with Crippen LogP contribution in [0.3, 0.4) is 0 Å². The fraction of sp³-hybridized carbons (Fsp3) is 0.500. The minimum absolute atomic E-state index is 0.00196. The van der Waals surface area contributed by atoms with Crippen molar-refractivity contribution in [2.75, 3.05) is 25.0 Å². The lowest BCUT2D eigenvalue weighted by atomic mass is 10.0. The van der Waals surface area contributed by atoms with E-state index in [-0.39, 0.29) is 17.6 Å². The van der Waals surface area contributed by atoms with Gasteiger partial charge in [-0.25, -0.2) is 0 Å². The number of hydrogen-bond acceptors (Lipinski definition) is 3. The number of hydrogen-bond donors (Lipinski definition) is 1. The average molecular weight is 274 g/mol. The Morgan fingerprint density at radius 1 is 1.35 bits per heavy atom. The summed E-state index contributed by atoms with van der Waals surface area (Å²) in [5.74, 6) is 0.298. The van der Waals surface area contributed by atoms with Crippen LogP contribution < -0.4 is 10.2 Å². The maximum atomic E-state index is 12.1. The van der Waals surface area contributed by atoms with Crippen molar-refractivity contribution in [2.24, 2.45) is 5.92 Å². The highest BCUT2D eigenvalue weighted by Crippen LogP contribution is 2.30. The monoisotopic (exact) mass is 274 g/mol. The Morgan fingerprint density at radius 2 is 2.10 bits per heavy atom. The van der Waals surface area contributed by atoms with Crippen molar-refractivity contribution >= 4 is 17.4 Å². The van der Waals surface area contributed by atoms with E-state index < -0.39 is 0 Å². The zero-order chi connectivity index (χ0) is 14.7. The van der Waals surface area contributed by atoms with Crippen LogP contribution in [-0.4, -0.2) is 31.8 Å². The van der Waals surface area contributed by atoms with E-state index in [0.29, 0.717) is 13.0 Å². The number of Topliss-reactive ketones (excluding diaryl/α,β-unsaturated/α-hetero) is 1. The highest BCUT2D eigenvalue weighted by atomic mass is 16.2. The van der Waals surface area contributed by atoms with E-state index >= 15 is 0 Å². The summed E-state index contributed by atoms with van der Waals surface area (Å²) in [5, 5.41) is 2.98. The van der Waals surface area contributed by atoms with Crippen LogP contribution in [0.2, 0.25) is 0 Å². The number of amides is 1. The lowest BCUT2D eigenvalue weighted by Crippen LogP contribution is -2.32. The molecule has 4 heteroatoms. The number of rotatable bonds is 5. The third-order valence-electron chi connectivity index (χ3n) is 3.66. The topological polar surface area (TPSA) is 49.4 Å². The largest absolute Gasteiger partial charge is 0.319 e. The molecular formula is C16H22N2O2. The van der Waals surface area contributed by atoms with Crippen LogP contribution in [0.15, 0.2) is 18.2 Å². The number of nitrogens with zero attached hydrogens (tertiary/aromatic N) is 1. The molecule has 1 aromatic rings. The molecule has 0 aliphatic carbocycles. The molecule has 1 aliphatic rings. The summed E-state index contributed by atoms with van der Waals surface area (Å²) in [4.78, 5) is 26.0. The molecule has 0 unspecified atom stereocenters. The van der Waals surface area contributed by atoms with Crippen molar-refractivity contribution < 1.29 is 9.59 Å². The molecule has 1 aliphatic heterocycles. The van der Waals surface area contributed by atoms with Crippen LogP contribution in [0, 0.1) is 5.92 Å². The van der Waals surface area contributed by atoms with Gasteiger partial charge in [-0.05, 0) is 37.2 Å². The van der Waals surface area contributed by atoms with Gasteiger partial charge >= 0.3 is 0 Å². The normalized spacial score (nSPS) is 13.7. The SMILES string of the molecule is CNCCC(=O)c1ccc2c(c1)CCN2C(=O)C(C)C. The van der Waals surface area contributed by atoms with Crippen molar-refractivity contribution in [2.45, 2.75) is 26.7 Å². The minimum Gasteiger partial charge on any atom is -0.319 e. The van der Waals surface area contributed by atoms with Gasteiger partial charge in [0.2, 0.25) is 5.91 Å². The number of benzene rings is 1. The van der Waals surface area contributed by atoms with Crippen LogP contribution in [-0.2, 0) is 11.2 Å². The van der Waals surface area contributed by atoms with Gasteiger partial charge in [0.15, 0.2) is 5.78 Å². The second-order valence-corrected chi connectivity index (χ2v) is 5.51. The molecular weight excluding hydrogens is 252 g/mol. The number of carbonyl (C=O) groups excluding carboxylic acids is 2. The van der Waals surface area contributed by atoms with E-state index in [0.717, 1.165) is 29.8 Å². The standard InChI is InChI=1S/C16H22N2O2/c1-11(2)16(20)18-9-7-12-10-13(4-5-14(12)18)15(19)6-8-17-3/h4-5,10-11,17H,6-9H2,1-3H3. The van der Waals surface area contributed by atoms with E-state index in [4.69, 9.17) is 0 Å². The zero-order valence-electron chi connectivity index (χ0n) is 12.4. The minimum atomic E-state index is -0.00196. The third kappa shape index (κ3) is 2.90. The fourth-order valence-electron chi connectivity index (χ4n) is 2.50. The summed E-state index contributed by atoms with van der Waals surface area (Å²) in [6.45, 7) is 5.24. The first-order valence-corrected chi connectivity index (χ1v) is 7.16. The van der Waals surface area contributed by atoms with Gasteiger partial charge in [0.1, 0.15) is 0 Å². The highest BCUT2D eigenvalue weighted by Gasteiger charge is 2.26. The van der Waals surface area contributed by atoms with Gasteiger partial charge < -0.3 is 10.2 Å². The van der Waals surface area contributed by atoms with E-state index in [9.17, 15) is 9.59 Å². The lowest BCUT2D eigenvalue weighted by Gasteiger charge is -2.19. The summed E-state index contributed by atoms with van der Waals surface area (Å²) >= 11 is 0. The molecule has 0 saturated heterocycles. The van der Waals surface area contributed by atoms with Gasteiger partial charge in [0, 0.05) is 36.7 Å². The van der Waals surface area contributed by atoms with Crippen molar-refractivity contribution in [1.82, 2.24) is 5.32 Å². The first-order valence-electron chi connectivity index (χ1n) is 7.16. The van der Waals surface area contributed by atoms with Crippen molar-refractivity contribution in [3.63, 3.8) is 0 Å². The highest BCUT2D eigenvalue weighted by molar-refractivity contribution is 6.00. The summed E-state index contributed by atoms with van der Waals surface area (Å²) in [7, 11) is 1.84. The lowest BCUT2D eigenvalue weighted by molar-refractivity contribution is -0.121. The van der Waals surface area contributed by atoms with Gasteiger partial charge in [-0.15, -0.1) is 0 Å². The first kappa shape index (κ1) is 14.7. The molecule has 1 N–H and O–H groups in total. The Morgan fingerprint density at radius 3 is 2.75 bits per heavy atom. The summed E-state index contributed by atoms with van der Waals surface area (Å²) in [5.41, 5.74) is 2.82. The van der Waals surface area contributed by atoms with Crippen LogP contribution in [0.4, 0.5) is 5.69 Å². The van der Waals surface area contributed by atoms with Crippen molar-refractivity contribution in [1.29, 1.82) is 0 Å². The van der Waals surface area contributed by atoms with E-state index in [2.05, 4.69) is 5.32 Å². The molecule has 0 radical (unpaired) electrons. The molecule has 1 heterocycles. The molecule has 1 aromatic carbocycles. The van der Waals surface area contributed by atoms with Gasteiger partial charge in [-0.3, -0.25) is 9.59 Å². The molecule has 108 valence electrons. The quantitative estimate of drug-likeness (QED) is 0.836. The first-order chi connectivity index (χ1) is 9.54. The Balaban J connectivity index is 2.18. The number of fused-ring (bicyclic) bond motifs is 1. The maximum Gasteiger partial charge on any atom is 0.229 e. The Bertz CT molecular complexity index is 523. The molecule has 0 aromatic heterocycles. The second kappa shape index (κ2) is 6.18. The number of ketones is 1. The molecule has 1 amide bonds. The number of carbonyl (C=O) groups is 2. The summed E-state index contributed by atoms with van der Waals surface area (Å²) in [6, 6.07) is 5.69. The van der Waals surface area contributed by atoms with Gasteiger partial charge in [-0.2, -0.15) is 0 Å². The van der Waals surface area contributed by atoms with Crippen molar-refractivity contribution in [3.8, 4) is 0 Å². The second-order valence-electron chi connectivity index (χ2n) is 5.51. The molecule has 0 saturated carbocycles. The molecule has 2 rings (SSSR count). The fourth-order valence-corrected chi connectivity index (χ4v) is 2.50. The van der Waals surface area contributed by atoms with Crippen LogP contribution in [0.5, 0.6) is 0 Å². The smallest absolute Gasteiger partial charge is 0.229 e. The van der Waals surface area contributed by atoms with E-state index in [1.54, 1.807) is 0 Å². The predicted molar refractivity (Wildman–Crippen MR) is 80.2 cm³/mol. The van der Waals surface area contributed by atoms with E-state index in [1.807, 2.05) is 44.0 Å². The Labute approximate surface area is 120 Å². The summed E-state index contributed by atoms with van der Waals surface area (Å²) in [6.07, 6.45) is 1.34. The third-order valence-corrected chi connectivity index (χ3v) is 3.66. The Hall–Kier alpha value is -1.68. The number of anilines is 1. The van der Waals surface area contributed by atoms with Crippen LogP contribution in [0.25, 0.3) is 0 Å². The van der Waals surface area contributed by atoms with Gasteiger partial charge in [-0.1, -0.05) is 13.8 Å². The van der Waals surface area contributed by atoms with Crippen molar-refractivity contribution in [3.05, 3.63) is 29.3 Å². The van der Waals surface area contributed by atoms with Crippen LogP contribution >= 0.6 is 0 Å². The van der Waals surface area contributed by atoms with Gasteiger partial charge in [0.25, 0.3) is 0 Å². The molecule has 0 atom stereocenters. The van der Waals surface area contributed by atoms with Crippen LogP contribution in [0.1, 0.15) is 36.2 Å².